The van der Waals surface area contributed by atoms with E-state index in [9.17, 15) is 27.9 Å². The number of quaternary nitrogens is 1. The number of aliphatic hydroxyl groups is 1. The van der Waals surface area contributed by atoms with Crippen molar-refractivity contribution < 1.29 is 46.6 Å². The van der Waals surface area contributed by atoms with E-state index in [0.717, 1.165) is 80.4 Å². The molecule has 1 amide bonds. The van der Waals surface area contributed by atoms with E-state index < -0.39 is 41.2 Å². The molecule has 3 fully saturated rings. The highest BCUT2D eigenvalue weighted by atomic mass is 19.4. The predicted molar refractivity (Wildman–Crippen MR) is 183 cm³/mol. The third-order valence-corrected chi connectivity index (χ3v) is 11.8. The maximum atomic E-state index is 13.9. The Morgan fingerprint density at radius 2 is 1.80 bits per heavy atom. The zero-order chi connectivity index (χ0) is 36.2. The van der Waals surface area contributed by atoms with Crippen LogP contribution in [0.1, 0.15) is 64.0 Å². The molecule has 2 N–H and O–H groups in total. The van der Waals surface area contributed by atoms with Crippen LogP contribution < -0.4 is 5.32 Å². The molecule has 8 nitrogen and oxygen atoms in total. The van der Waals surface area contributed by atoms with Gasteiger partial charge in [0.15, 0.2) is 5.76 Å². The molecule has 1 spiro atoms. The van der Waals surface area contributed by atoms with Gasteiger partial charge in [0.2, 0.25) is 5.72 Å². The zero-order valence-electron chi connectivity index (χ0n) is 29.2. The fraction of sp³-hybridized carbons (Fsp3) is 0.500. The van der Waals surface area contributed by atoms with Crippen molar-refractivity contribution in [1.82, 2.24) is 5.32 Å². The Morgan fingerprint density at radius 1 is 1.10 bits per heavy atom. The van der Waals surface area contributed by atoms with Crippen molar-refractivity contribution >= 4 is 18.0 Å². The number of alkyl halides is 3. The molecule has 272 valence electrons. The first-order chi connectivity index (χ1) is 24.3. The van der Waals surface area contributed by atoms with Crippen LogP contribution in [-0.4, -0.2) is 71.4 Å². The number of esters is 1. The lowest BCUT2D eigenvalue weighted by atomic mass is 9.49. The van der Waals surface area contributed by atoms with Gasteiger partial charge in [-0.25, -0.2) is 0 Å². The Bertz CT molecular complexity index is 1760. The number of ether oxygens (including phenoxy) is 3. The molecule has 2 bridgehead atoms. The van der Waals surface area contributed by atoms with Gasteiger partial charge in [0.1, 0.15) is 11.9 Å². The first-order valence-electron chi connectivity index (χ1n) is 18.0. The third kappa shape index (κ3) is 6.37. The molecule has 7 atom stereocenters. The number of carbonyl (C=O) groups is 2. The molecule has 2 heterocycles. The number of nitrogens with zero attached hydrogens (tertiary/aromatic N) is 1. The second kappa shape index (κ2) is 13.2. The van der Waals surface area contributed by atoms with Crippen LogP contribution in [0.15, 0.2) is 89.4 Å². The Kier molecular flexibility index (Phi) is 9.11. The van der Waals surface area contributed by atoms with Gasteiger partial charge in [-0.3, -0.25) is 9.59 Å². The lowest BCUT2D eigenvalue weighted by molar-refractivity contribution is -0.965. The van der Waals surface area contributed by atoms with Gasteiger partial charge in [0.25, 0.3) is 5.91 Å². The maximum absolute atomic E-state index is 13.9. The van der Waals surface area contributed by atoms with Gasteiger partial charge >= 0.3 is 12.3 Å². The lowest BCUT2D eigenvalue weighted by Gasteiger charge is -2.63. The van der Waals surface area contributed by atoms with Crippen molar-refractivity contribution in [3.05, 3.63) is 101 Å². The number of likely N-dealkylation sites (tertiary alicyclic amines) is 1. The molecule has 2 aromatic carbocycles. The van der Waals surface area contributed by atoms with Crippen LogP contribution in [0.3, 0.4) is 0 Å². The van der Waals surface area contributed by atoms with E-state index in [4.69, 9.17) is 9.47 Å². The first kappa shape index (κ1) is 35.3. The molecule has 0 radical (unpaired) electrons. The smallest absolute Gasteiger partial charge is 0.508 e. The summed E-state index contributed by atoms with van der Waals surface area (Å²) in [5, 5.41) is 14.5. The summed E-state index contributed by atoms with van der Waals surface area (Å²) in [7, 11) is 0. The normalized spacial score (nSPS) is 32.6. The Morgan fingerprint density at radius 3 is 2.47 bits per heavy atom. The predicted octanol–water partition coefficient (Wildman–Crippen LogP) is 7.14. The van der Waals surface area contributed by atoms with Gasteiger partial charge in [-0.2, -0.15) is 0 Å². The molecule has 2 aliphatic heterocycles. The minimum atomic E-state index is -5.18. The lowest BCUT2D eigenvalue weighted by Crippen LogP contribution is -2.71. The number of halogens is 3. The number of aliphatic hydroxyl groups excluding tert-OH is 1. The minimum Gasteiger partial charge on any atom is -0.508 e. The first-order valence-corrected chi connectivity index (χ1v) is 18.0. The number of hydrogen-bond acceptors (Lipinski definition) is 6. The van der Waals surface area contributed by atoms with Crippen LogP contribution in [-0.2, 0) is 30.2 Å². The summed E-state index contributed by atoms with van der Waals surface area (Å²) in [5.74, 6) is -2.62. The number of piperidine rings is 1. The molecule has 7 rings (SSSR count). The number of rotatable bonds is 10. The van der Waals surface area contributed by atoms with Crippen molar-refractivity contribution in [2.24, 2.45) is 17.3 Å². The van der Waals surface area contributed by atoms with E-state index in [1.807, 2.05) is 6.07 Å². The van der Waals surface area contributed by atoms with E-state index in [1.54, 1.807) is 18.2 Å². The van der Waals surface area contributed by atoms with Crippen LogP contribution in [0.4, 0.5) is 13.2 Å². The highest BCUT2D eigenvalue weighted by Crippen LogP contribution is 2.68. The van der Waals surface area contributed by atoms with Crippen molar-refractivity contribution in [2.75, 3.05) is 19.6 Å². The average molecular weight is 708 g/mol. The summed E-state index contributed by atoms with van der Waals surface area (Å²) < 4.78 is 58.8. The van der Waals surface area contributed by atoms with Gasteiger partial charge in [0, 0.05) is 55.1 Å². The molecule has 2 aromatic rings. The summed E-state index contributed by atoms with van der Waals surface area (Å²) in [6.45, 7) is 8.53. The minimum absolute atomic E-state index is 0.154. The number of carbonyl (C=O) groups excluding carboxylic acids is 2. The van der Waals surface area contributed by atoms with Crippen LogP contribution >= 0.6 is 0 Å². The van der Waals surface area contributed by atoms with E-state index >= 15 is 0 Å². The Hall–Kier alpha value is -4.09. The molecular weight excluding hydrogens is 661 g/mol. The summed E-state index contributed by atoms with van der Waals surface area (Å²) in [6, 6.07) is 18.7. The molecule has 0 aromatic heterocycles. The molecular formula is C40H46F3N2O6+. The highest BCUT2D eigenvalue weighted by Gasteiger charge is 2.72. The fourth-order valence-corrected chi connectivity index (χ4v) is 10.3. The van der Waals surface area contributed by atoms with E-state index in [0.29, 0.717) is 17.9 Å². The molecule has 51 heavy (non-hydrogen) atoms. The molecule has 2 saturated heterocycles. The monoisotopic (exact) mass is 707 g/mol. The number of nitrogens with one attached hydrogen (secondary N) is 1. The summed E-state index contributed by atoms with van der Waals surface area (Å²) in [4.78, 5) is 26.6. The highest BCUT2D eigenvalue weighted by molar-refractivity contribution is 5.96. The van der Waals surface area contributed by atoms with Crippen LogP contribution in [0.5, 0.6) is 0 Å². The summed E-state index contributed by atoms with van der Waals surface area (Å²) >= 11 is 0. The maximum Gasteiger partial charge on any atom is 0.573 e. The molecule has 1 saturated carbocycles. The van der Waals surface area contributed by atoms with Gasteiger partial charge in [-0.15, -0.1) is 13.2 Å². The number of benzene rings is 2. The molecule has 11 heteroatoms. The number of hydrogen-bond donors (Lipinski definition) is 2. The molecule has 5 aliphatic rings. The summed E-state index contributed by atoms with van der Waals surface area (Å²) in [6.07, 6.45) is 0.654. The van der Waals surface area contributed by atoms with Gasteiger partial charge in [-0.05, 0) is 35.6 Å². The van der Waals surface area contributed by atoms with Gasteiger partial charge in [-0.1, -0.05) is 80.9 Å². The summed E-state index contributed by atoms with van der Waals surface area (Å²) in [5.41, 5.74) is 0.537. The van der Waals surface area contributed by atoms with Crippen molar-refractivity contribution in [3.63, 3.8) is 0 Å². The standard InChI is InChI=1S/C40H45F3N2O6/c1-25(2)24-45(19-17-27-11-6-4-7-12-27)20-18-38-30-15-10-16-34(38)49-36-35(38)29(22-31(30)45)32(47)23-39(36,50-26(3)46)44-37(48)33(51-40(41,42)43)21-28-13-8-5-9-14-28/h4-9,11-14,21,23,25,30-31,34,36H,10,15-20,22,24H2,1-3H3,(H-,44,47,48)/p+1/t30-,31+,34-,36?,38+,39?,45?/m0/s1. The van der Waals surface area contributed by atoms with E-state index in [2.05, 4.69) is 48.2 Å². The van der Waals surface area contributed by atoms with Gasteiger partial charge < -0.3 is 29.1 Å². The van der Waals surface area contributed by atoms with Crippen molar-refractivity contribution in [2.45, 2.75) is 89.6 Å². The van der Waals surface area contributed by atoms with Gasteiger partial charge in [0.05, 0.1) is 31.8 Å². The largest absolute Gasteiger partial charge is 0.573 e. The SMILES string of the molecule is CC(=O)OC1(NC(=O)C(=Cc2ccccc2)OC(F)(F)F)C=C(O)C2=C3C1O[C@H]1CCC[C@H]4[C@@H](C2)[N+](CCc2ccccc2)(CC(C)C)CC[C@]314. The van der Waals surface area contributed by atoms with Crippen molar-refractivity contribution in [1.29, 1.82) is 0 Å². The van der Waals surface area contributed by atoms with E-state index in [-0.39, 0.29) is 23.8 Å². The second-order valence-electron chi connectivity index (χ2n) is 15.3. The quantitative estimate of drug-likeness (QED) is 0.0898. The van der Waals surface area contributed by atoms with Crippen LogP contribution in [0.25, 0.3) is 6.08 Å². The number of amides is 1. The molecule has 3 aliphatic carbocycles. The fourth-order valence-electron chi connectivity index (χ4n) is 10.3. The van der Waals surface area contributed by atoms with Crippen molar-refractivity contribution in [3.8, 4) is 0 Å². The third-order valence-electron chi connectivity index (χ3n) is 11.8. The van der Waals surface area contributed by atoms with E-state index in [1.165, 1.54) is 23.8 Å². The average Bonchev–Trinajstić information content (AvgIpc) is 3.41. The Balaban J connectivity index is 1.29. The second-order valence-corrected chi connectivity index (χ2v) is 15.3. The van der Waals surface area contributed by atoms with Crippen LogP contribution in [0.2, 0.25) is 0 Å². The van der Waals surface area contributed by atoms with Crippen LogP contribution in [0, 0.1) is 17.3 Å². The number of allylic oxidation sites excluding steroid dienone is 1. The topological polar surface area (TPSA) is 94.1 Å². The molecule has 3 unspecified atom stereocenters. The Labute approximate surface area is 296 Å². The zero-order valence-corrected chi connectivity index (χ0v) is 29.2.